The number of hydrogen-bond donors (Lipinski definition) is 1. The minimum Gasteiger partial charge on any atom is -0.354 e. The molecule has 4 heterocycles. The van der Waals surface area contributed by atoms with Crippen LogP contribution in [0.1, 0.15) is 17.1 Å². The standard InChI is InChI=1S/C17H21N7S/c1-4-19-17(20-5-1)21-6-2-14-10-23(13-16-18-8-9-25-16)12-15-3-7-22-24(15)11-14/h1,3-5,7-9,14H,2,6,10-13H2,(H,19,20,21). The zero-order valence-electron chi connectivity index (χ0n) is 14.0. The lowest BCUT2D eigenvalue weighted by molar-refractivity contribution is 0.216. The van der Waals surface area contributed by atoms with Gasteiger partial charge in [0.1, 0.15) is 5.01 Å². The monoisotopic (exact) mass is 355 g/mol. The molecule has 130 valence electrons. The third-order valence-electron chi connectivity index (χ3n) is 4.38. The lowest BCUT2D eigenvalue weighted by Gasteiger charge is -2.23. The zero-order valence-corrected chi connectivity index (χ0v) is 14.8. The summed E-state index contributed by atoms with van der Waals surface area (Å²) in [5.74, 6) is 1.22. The Labute approximate surface area is 150 Å². The van der Waals surface area contributed by atoms with E-state index in [9.17, 15) is 0 Å². The highest BCUT2D eigenvalue weighted by atomic mass is 32.1. The van der Waals surface area contributed by atoms with Gasteiger partial charge in [0, 0.05) is 56.3 Å². The van der Waals surface area contributed by atoms with E-state index in [1.807, 2.05) is 23.8 Å². The molecule has 8 heteroatoms. The van der Waals surface area contributed by atoms with E-state index in [0.29, 0.717) is 11.9 Å². The largest absolute Gasteiger partial charge is 0.354 e. The van der Waals surface area contributed by atoms with Crippen molar-refractivity contribution in [2.45, 2.75) is 26.1 Å². The quantitative estimate of drug-likeness (QED) is 0.731. The summed E-state index contributed by atoms with van der Waals surface area (Å²) in [7, 11) is 0. The predicted octanol–water partition coefficient (Wildman–Crippen LogP) is 2.26. The summed E-state index contributed by atoms with van der Waals surface area (Å²) in [4.78, 5) is 15.3. The van der Waals surface area contributed by atoms with E-state index in [2.05, 4.69) is 41.0 Å². The Hall–Kier alpha value is -2.32. The molecular formula is C17H21N7S. The van der Waals surface area contributed by atoms with Gasteiger partial charge in [-0.15, -0.1) is 11.3 Å². The summed E-state index contributed by atoms with van der Waals surface area (Å²) >= 11 is 1.72. The molecule has 1 atom stereocenters. The van der Waals surface area contributed by atoms with Gasteiger partial charge in [-0.25, -0.2) is 15.0 Å². The van der Waals surface area contributed by atoms with Crippen LogP contribution in [0, 0.1) is 5.92 Å². The molecule has 0 bridgehead atoms. The third-order valence-corrected chi connectivity index (χ3v) is 5.15. The van der Waals surface area contributed by atoms with Crippen LogP contribution < -0.4 is 5.32 Å². The number of fused-ring (bicyclic) bond motifs is 1. The Morgan fingerprint density at radius 1 is 1.12 bits per heavy atom. The maximum Gasteiger partial charge on any atom is 0.222 e. The number of nitrogens with zero attached hydrogens (tertiary/aromatic N) is 6. The van der Waals surface area contributed by atoms with E-state index in [1.165, 1.54) is 10.7 Å². The molecule has 0 saturated carbocycles. The van der Waals surface area contributed by atoms with Crippen LogP contribution in [0.4, 0.5) is 5.95 Å². The first-order valence-electron chi connectivity index (χ1n) is 8.49. The topological polar surface area (TPSA) is 71.8 Å². The number of nitrogens with one attached hydrogen (secondary N) is 1. The van der Waals surface area contributed by atoms with E-state index in [1.54, 1.807) is 23.7 Å². The Morgan fingerprint density at radius 2 is 2.04 bits per heavy atom. The van der Waals surface area contributed by atoms with Crippen molar-refractivity contribution >= 4 is 17.3 Å². The van der Waals surface area contributed by atoms with Gasteiger partial charge in [0.2, 0.25) is 5.95 Å². The van der Waals surface area contributed by atoms with Crippen LogP contribution in [-0.2, 0) is 19.6 Å². The van der Waals surface area contributed by atoms with E-state index in [0.717, 1.165) is 39.1 Å². The third kappa shape index (κ3) is 4.21. The highest BCUT2D eigenvalue weighted by Gasteiger charge is 2.22. The summed E-state index contributed by atoms with van der Waals surface area (Å²) < 4.78 is 2.14. The Morgan fingerprint density at radius 3 is 2.88 bits per heavy atom. The molecule has 0 amide bonds. The normalized spacial score (nSPS) is 17.8. The van der Waals surface area contributed by atoms with Crippen LogP contribution in [0.5, 0.6) is 0 Å². The van der Waals surface area contributed by atoms with Gasteiger partial charge in [-0.3, -0.25) is 9.58 Å². The molecule has 0 aromatic carbocycles. The van der Waals surface area contributed by atoms with Gasteiger partial charge >= 0.3 is 0 Å². The first-order valence-corrected chi connectivity index (χ1v) is 9.37. The minimum absolute atomic E-state index is 0.525. The Kier molecular flexibility index (Phi) is 4.98. The number of thiazole rings is 1. The molecule has 7 nitrogen and oxygen atoms in total. The van der Waals surface area contributed by atoms with Crippen molar-refractivity contribution in [3.05, 3.63) is 53.0 Å². The van der Waals surface area contributed by atoms with Crippen molar-refractivity contribution in [2.75, 3.05) is 18.4 Å². The van der Waals surface area contributed by atoms with Crippen molar-refractivity contribution in [3.63, 3.8) is 0 Å². The molecule has 1 aliphatic rings. The number of aromatic nitrogens is 5. The maximum atomic E-state index is 4.50. The molecule has 0 saturated heterocycles. The van der Waals surface area contributed by atoms with Gasteiger partial charge in [0.25, 0.3) is 0 Å². The second kappa shape index (κ2) is 7.71. The predicted molar refractivity (Wildman–Crippen MR) is 97.1 cm³/mol. The molecule has 3 aromatic heterocycles. The van der Waals surface area contributed by atoms with Gasteiger partial charge in [-0.1, -0.05) is 0 Å². The molecular weight excluding hydrogens is 334 g/mol. The molecule has 25 heavy (non-hydrogen) atoms. The first kappa shape index (κ1) is 16.2. The smallest absolute Gasteiger partial charge is 0.222 e. The van der Waals surface area contributed by atoms with Crippen LogP contribution in [0.15, 0.2) is 42.3 Å². The summed E-state index contributed by atoms with van der Waals surface area (Å²) in [6, 6.07) is 3.94. The van der Waals surface area contributed by atoms with Gasteiger partial charge in [0.05, 0.1) is 12.2 Å². The fraction of sp³-hybridized carbons (Fsp3) is 0.412. The molecule has 1 N–H and O–H groups in total. The summed E-state index contributed by atoms with van der Waals surface area (Å²) in [6.45, 7) is 4.67. The molecule has 1 aliphatic heterocycles. The maximum absolute atomic E-state index is 4.50. The molecule has 0 radical (unpaired) electrons. The fourth-order valence-corrected chi connectivity index (χ4v) is 3.88. The van der Waals surface area contributed by atoms with Crippen LogP contribution in [0.3, 0.4) is 0 Å². The Balaban J connectivity index is 1.40. The second-order valence-corrected chi connectivity index (χ2v) is 7.23. The van der Waals surface area contributed by atoms with Crippen molar-refractivity contribution in [1.29, 1.82) is 0 Å². The highest BCUT2D eigenvalue weighted by Crippen LogP contribution is 2.20. The fourth-order valence-electron chi connectivity index (χ4n) is 3.22. The lowest BCUT2D eigenvalue weighted by Crippen LogP contribution is -2.28. The molecule has 1 unspecified atom stereocenters. The molecule has 3 aromatic rings. The van der Waals surface area contributed by atoms with Gasteiger partial charge < -0.3 is 5.32 Å². The number of hydrogen-bond acceptors (Lipinski definition) is 7. The van der Waals surface area contributed by atoms with Crippen LogP contribution >= 0.6 is 11.3 Å². The SMILES string of the molecule is c1cnc(NCCC2CN(Cc3nccs3)Cc3ccnn3C2)nc1. The van der Waals surface area contributed by atoms with Crippen LogP contribution in [0.25, 0.3) is 0 Å². The summed E-state index contributed by atoms with van der Waals surface area (Å²) in [5.41, 5.74) is 1.28. The van der Waals surface area contributed by atoms with Crippen molar-refractivity contribution in [3.8, 4) is 0 Å². The van der Waals surface area contributed by atoms with E-state index in [-0.39, 0.29) is 0 Å². The zero-order chi connectivity index (χ0) is 16.9. The molecule has 0 fully saturated rings. The molecule has 0 spiro atoms. The van der Waals surface area contributed by atoms with Crippen molar-refractivity contribution in [1.82, 2.24) is 29.6 Å². The van der Waals surface area contributed by atoms with Crippen LogP contribution in [-0.4, -0.2) is 42.7 Å². The van der Waals surface area contributed by atoms with E-state index < -0.39 is 0 Å². The first-order chi connectivity index (χ1) is 12.4. The van der Waals surface area contributed by atoms with E-state index >= 15 is 0 Å². The second-order valence-electron chi connectivity index (χ2n) is 6.25. The van der Waals surface area contributed by atoms with Gasteiger partial charge in [0.15, 0.2) is 0 Å². The van der Waals surface area contributed by atoms with Crippen molar-refractivity contribution < 1.29 is 0 Å². The van der Waals surface area contributed by atoms with Crippen molar-refractivity contribution in [2.24, 2.45) is 5.92 Å². The number of rotatable bonds is 6. The highest BCUT2D eigenvalue weighted by molar-refractivity contribution is 7.09. The number of anilines is 1. The van der Waals surface area contributed by atoms with Gasteiger partial charge in [-0.2, -0.15) is 5.10 Å². The van der Waals surface area contributed by atoms with Crippen LogP contribution in [0.2, 0.25) is 0 Å². The average molecular weight is 355 g/mol. The van der Waals surface area contributed by atoms with E-state index in [4.69, 9.17) is 0 Å². The molecule has 0 aliphatic carbocycles. The van der Waals surface area contributed by atoms with Gasteiger partial charge in [-0.05, 0) is 24.5 Å². The molecule has 4 rings (SSSR count). The Bertz CT molecular complexity index is 771. The summed E-state index contributed by atoms with van der Waals surface area (Å²) in [6.07, 6.45) is 8.34. The summed E-state index contributed by atoms with van der Waals surface area (Å²) in [5, 5.41) is 11.0. The lowest BCUT2D eigenvalue weighted by atomic mass is 10.1. The average Bonchev–Trinajstić information content (AvgIpc) is 3.25. The minimum atomic E-state index is 0.525.